The van der Waals surface area contributed by atoms with Gasteiger partial charge in [-0.05, 0) is 49.9 Å². The van der Waals surface area contributed by atoms with E-state index in [1.54, 1.807) is 0 Å². The number of anilines is 2. The van der Waals surface area contributed by atoms with Crippen molar-refractivity contribution in [2.75, 3.05) is 30.9 Å². The molecule has 1 heterocycles. The van der Waals surface area contributed by atoms with Crippen molar-refractivity contribution in [3.63, 3.8) is 0 Å². The number of nitrogens with zero attached hydrogens (tertiary/aromatic N) is 4. The van der Waals surface area contributed by atoms with Crippen LogP contribution in [0.3, 0.4) is 0 Å². The molecular formula is C26H26Cl2F3N5O4. The Morgan fingerprint density at radius 3 is 2.40 bits per heavy atom. The molecular weight excluding hydrogens is 574 g/mol. The van der Waals surface area contributed by atoms with Gasteiger partial charge in [-0.25, -0.2) is 9.78 Å². The van der Waals surface area contributed by atoms with Crippen molar-refractivity contribution in [2.45, 2.75) is 43.9 Å². The number of fused-ring (bicyclic) bond motifs is 1. The third-order valence-electron chi connectivity index (χ3n) is 6.29. The van der Waals surface area contributed by atoms with Gasteiger partial charge in [-0.2, -0.15) is 23.2 Å². The molecule has 4 rings (SSSR count). The van der Waals surface area contributed by atoms with Gasteiger partial charge in [0, 0.05) is 25.5 Å². The second-order valence-corrected chi connectivity index (χ2v) is 10.2. The second-order valence-electron chi connectivity index (χ2n) is 9.37. The lowest BCUT2D eigenvalue weighted by Crippen LogP contribution is -2.48. The molecule has 0 saturated heterocycles. The van der Waals surface area contributed by atoms with E-state index in [-0.39, 0.29) is 34.7 Å². The quantitative estimate of drug-likeness (QED) is 0.348. The SMILES string of the molecule is CN(C)c1nc(NC2CCC(N(OC(=O)C(F)(F)F)C(=O)COc3cccc(Cl)c3Cl)CC2)nc2ccccc12. The Kier molecular flexibility index (Phi) is 9.09. The molecule has 1 saturated carbocycles. The van der Waals surface area contributed by atoms with E-state index in [0.29, 0.717) is 23.9 Å². The smallest absolute Gasteiger partial charge is 0.482 e. The van der Waals surface area contributed by atoms with Crippen molar-refractivity contribution >= 4 is 57.7 Å². The predicted octanol–water partition coefficient (Wildman–Crippen LogP) is 5.65. The third kappa shape index (κ3) is 6.97. The van der Waals surface area contributed by atoms with Gasteiger partial charge in [0.2, 0.25) is 5.95 Å². The fourth-order valence-electron chi connectivity index (χ4n) is 4.37. The molecule has 0 spiro atoms. The molecule has 3 aromatic rings. The van der Waals surface area contributed by atoms with Gasteiger partial charge in [-0.15, -0.1) is 0 Å². The third-order valence-corrected chi connectivity index (χ3v) is 7.10. The molecule has 214 valence electrons. The molecule has 1 aromatic heterocycles. The number of carbonyl (C=O) groups excluding carboxylic acids is 2. The first-order valence-corrected chi connectivity index (χ1v) is 13.1. The van der Waals surface area contributed by atoms with Crippen LogP contribution < -0.4 is 15.0 Å². The van der Waals surface area contributed by atoms with Crippen molar-refractivity contribution in [1.82, 2.24) is 15.0 Å². The van der Waals surface area contributed by atoms with Crippen LogP contribution in [0, 0.1) is 0 Å². The van der Waals surface area contributed by atoms with E-state index in [0.717, 1.165) is 16.7 Å². The van der Waals surface area contributed by atoms with E-state index in [4.69, 9.17) is 27.9 Å². The molecule has 9 nitrogen and oxygen atoms in total. The van der Waals surface area contributed by atoms with Crippen molar-refractivity contribution in [3.05, 3.63) is 52.5 Å². The molecule has 1 aliphatic rings. The lowest BCUT2D eigenvalue weighted by molar-refractivity contribution is -0.245. The van der Waals surface area contributed by atoms with Crippen LogP contribution in [-0.4, -0.2) is 65.9 Å². The average molecular weight is 600 g/mol. The highest BCUT2D eigenvalue weighted by Gasteiger charge is 2.45. The monoisotopic (exact) mass is 599 g/mol. The molecule has 40 heavy (non-hydrogen) atoms. The van der Waals surface area contributed by atoms with Crippen LogP contribution in [0.5, 0.6) is 5.75 Å². The van der Waals surface area contributed by atoms with E-state index >= 15 is 0 Å². The maximum atomic E-state index is 13.0. The standard InChI is InChI=1S/C26H26Cl2F3N5O4/c1-35(2)23-17-6-3-4-8-19(17)33-25(34-23)32-15-10-12-16(13-11-15)36(40-24(38)26(29,30)31)21(37)14-39-20-9-5-7-18(27)22(20)28/h3-9,15-16H,10-14H2,1-2H3,(H,32,33,34). The predicted molar refractivity (Wildman–Crippen MR) is 144 cm³/mol. The lowest BCUT2D eigenvalue weighted by atomic mass is 9.91. The summed E-state index contributed by atoms with van der Waals surface area (Å²) in [7, 11) is 3.75. The van der Waals surface area contributed by atoms with E-state index in [1.165, 1.54) is 18.2 Å². The molecule has 0 atom stereocenters. The van der Waals surface area contributed by atoms with Crippen LogP contribution in [0.25, 0.3) is 10.9 Å². The number of carbonyl (C=O) groups is 2. The van der Waals surface area contributed by atoms with Gasteiger partial charge in [0.25, 0.3) is 5.91 Å². The van der Waals surface area contributed by atoms with E-state index in [1.807, 2.05) is 43.3 Å². The van der Waals surface area contributed by atoms with Crippen LogP contribution >= 0.6 is 23.2 Å². The highest BCUT2D eigenvalue weighted by Crippen LogP contribution is 2.32. The van der Waals surface area contributed by atoms with Gasteiger partial charge in [-0.3, -0.25) is 4.79 Å². The number of para-hydroxylation sites is 1. The van der Waals surface area contributed by atoms with Gasteiger partial charge in [0.15, 0.2) is 6.61 Å². The number of nitrogens with one attached hydrogen (secondary N) is 1. The van der Waals surface area contributed by atoms with Crippen molar-refractivity contribution < 1.29 is 32.3 Å². The Hall–Kier alpha value is -3.51. The zero-order valence-corrected chi connectivity index (χ0v) is 23.1. The molecule has 1 amide bonds. The number of halogens is 5. The van der Waals surface area contributed by atoms with Crippen LogP contribution in [0.4, 0.5) is 24.9 Å². The van der Waals surface area contributed by atoms with Gasteiger partial charge in [0.1, 0.15) is 16.6 Å². The van der Waals surface area contributed by atoms with Crippen molar-refractivity contribution in [1.29, 1.82) is 0 Å². The van der Waals surface area contributed by atoms with Crippen molar-refractivity contribution in [2.24, 2.45) is 0 Å². The number of hydroxylamine groups is 2. The molecule has 14 heteroatoms. The molecule has 0 unspecified atom stereocenters. The summed E-state index contributed by atoms with van der Waals surface area (Å²) in [4.78, 5) is 40.2. The summed E-state index contributed by atoms with van der Waals surface area (Å²) < 4.78 is 44.3. The van der Waals surface area contributed by atoms with Gasteiger partial charge < -0.3 is 19.8 Å². The zero-order valence-electron chi connectivity index (χ0n) is 21.5. The molecule has 1 N–H and O–H groups in total. The Bertz CT molecular complexity index is 1380. The minimum atomic E-state index is -5.29. The molecule has 0 aliphatic heterocycles. The lowest BCUT2D eigenvalue weighted by Gasteiger charge is -2.35. The number of amides is 1. The van der Waals surface area contributed by atoms with Gasteiger partial charge >= 0.3 is 12.1 Å². The molecule has 1 fully saturated rings. The van der Waals surface area contributed by atoms with Gasteiger partial charge in [-0.1, -0.05) is 41.4 Å². The molecule has 0 bridgehead atoms. The van der Waals surface area contributed by atoms with Gasteiger partial charge in [0.05, 0.1) is 16.6 Å². The number of rotatable bonds is 7. The fraction of sp³-hybridized carbons (Fsp3) is 0.385. The summed E-state index contributed by atoms with van der Waals surface area (Å²) in [5.74, 6) is -2.27. The van der Waals surface area contributed by atoms with E-state index in [2.05, 4.69) is 20.1 Å². The average Bonchev–Trinajstić information content (AvgIpc) is 2.91. The summed E-state index contributed by atoms with van der Waals surface area (Å²) in [6.07, 6.45) is -3.88. The second kappa shape index (κ2) is 12.3. The normalized spacial score (nSPS) is 17.3. The fourth-order valence-corrected chi connectivity index (χ4v) is 4.72. The zero-order chi connectivity index (χ0) is 29.0. The summed E-state index contributed by atoms with van der Waals surface area (Å²) in [5, 5.41) is 4.85. The van der Waals surface area contributed by atoms with Crippen LogP contribution in [0.1, 0.15) is 25.7 Å². The number of alkyl halides is 3. The topological polar surface area (TPSA) is 96.9 Å². The highest BCUT2D eigenvalue weighted by molar-refractivity contribution is 6.42. The minimum absolute atomic E-state index is 0.0377. The molecule has 2 aromatic carbocycles. The summed E-state index contributed by atoms with van der Waals surface area (Å²) >= 11 is 12.0. The Balaban J connectivity index is 1.44. The van der Waals surface area contributed by atoms with Crippen LogP contribution in [0.15, 0.2) is 42.5 Å². The Morgan fingerprint density at radius 2 is 1.73 bits per heavy atom. The molecule has 1 aliphatic carbocycles. The van der Waals surface area contributed by atoms with Crippen LogP contribution in [-0.2, 0) is 14.4 Å². The first kappa shape index (κ1) is 29.5. The summed E-state index contributed by atoms with van der Waals surface area (Å²) in [6.45, 7) is -0.721. The van der Waals surface area contributed by atoms with E-state index in [9.17, 15) is 22.8 Å². The number of aromatic nitrogens is 2. The molecule has 0 radical (unpaired) electrons. The largest absolute Gasteiger partial charge is 0.493 e. The minimum Gasteiger partial charge on any atom is -0.482 e. The highest BCUT2D eigenvalue weighted by atomic mass is 35.5. The van der Waals surface area contributed by atoms with Crippen LogP contribution in [0.2, 0.25) is 10.0 Å². The number of hydrogen-bond donors (Lipinski definition) is 1. The number of hydrogen-bond acceptors (Lipinski definition) is 8. The maximum Gasteiger partial charge on any atom is 0.493 e. The van der Waals surface area contributed by atoms with Crippen molar-refractivity contribution in [3.8, 4) is 5.75 Å². The Morgan fingerprint density at radius 1 is 1.02 bits per heavy atom. The number of benzene rings is 2. The number of ether oxygens (including phenoxy) is 1. The summed E-state index contributed by atoms with van der Waals surface area (Å²) in [5.41, 5.74) is 0.757. The van der Waals surface area contributed by atoms with E-state index < -0.39 is 30.7 Å². The Labute approximate surface area is 238 Å². The summed E-state index contributed by atoms with van der Waals surface area (Å²) in [6, 6.07) is 11.1. The first-order chi connectivity index (χ1) is 18.9. The maximum absolute atomic E-state index is 13.0. The first-order valence-electron chi connectivity index (χ1n) is 12.3.